The molecule has 0 saturated carbocycles. The fourth-order valence-corrected chi connectivity index (χ4v) is 4.50. The molecule has 4 rings (SSSR count). The van der Waals surface area contributed by atoms with E-state index in [1.54, 1.807) is 11.3 Å². The number of carbonyl (C=O) groups excluding carboxylic acids is 1. The Morgan fingerprint density at radius 2 is 1.76 bits per heavy atom. The maximum absolute atomic E-state index is 13.0. The van der Waals surface area contributed by atoms with Crippen LogP contribution >= 0.6 is 11.3 Å². The van der Waals surface area contributed by atoms with E-state index in [0.717, 1.165) is 32.7 Å². The molecule has 3 aromatic rings. The SMILES string of the molecule is O=C(CC(c1ccsc1)n1cccc1)N1CCN(C/C=C/c2ccccc2)CC1. The van der Waals surface area contributed by atoms with E-state index in [9.17, 15) is 4.79 Å². The van der Waals surface area contributed by atoms with Crippen molar-refractivity contribution in [3.05, 3.63) is 88.9 Å². The fraction of sp³-hybridized carbons (Fsp3) is 0.292. The maximum Gasteiger partial charge on any atom is 0.225 e. The first-order valence-corrected chi connectivity index (χ1v) is 11.1. The van der Waals surface area contributed by atoms with Gasteiger partial charge in [0.1, 0.15) is 0 Å². The van der Waals surface area contributed by atoms with E-state index < -0.39 is 0 Å². The van der Waals surface area contributed by atoms with Crippen LogP contribution in [0.3, 0.4) is 0 Å². The summed E-state index contributed by atoms with van der Waals surface area (Å²) in [5.41, 5.74) is 2.44. The monoisotopic (exact) mass is 405 g/mol. The van der Waals surface area contributed by atoms with Gasteiger partial charge in [-0.2, -0.15) is 11.3 Å². The lowest BCUT2D eigenvalue weighted by atomic mass is 10.1. The minimum atomic E-state index is 0.0792. The lowest BCUT2D eigenvalue weighted by Crippen LogP contribution is -2.49. The van der Waals surface area contributed by atoms with Crippen LogP contribution in [-0.2, 0) is 4.79 Å². The van der Waals surface area contributed by atoms with E-state index in [1.165, 1.54) is 11.1 Å². The molecule has 2 aromatic heterocycles. The molecule has 0 spiro atoms. The molecule has 5 heteroatoms. The van der Waals surface area contributed by atoms with Crippen LogP contribution in [0.5, 0.6) is 0 Å². The first kappa shape index (κ1) is 19.7. The van der Waals surface area contributed by atoms with Crippen molar-refractivity contribution in [1.82, 2.24) is 14.4 Å². The molecule has 0 N–H and O–H groups in total. The molecule has 29 heavy (non-hydrogen) atoms. The molecule has 1 fully saturated rings. The second-order valence-electron chi connectivity index (χ2n) is 7.40. The largest absolute Gasteiger partial charge is 0.346 e. The van der Waals surface area contributed by atoms with Crippen LogP contribution < -0.4 is 0 Å². The van der Waals surface area contributed by atoms with Gasteiger partial charge < -0.3 is 9.47 Å². The van der Waals surface area contributed by atoms with E-state index in [0.29, 0.717) is 6.42 Å². The molecule has 4 nitrogen and oxygen atoms in total. The van der Waals surface area contributed by atoms with Crippen molar-refractivity contribution in [2.75, 3.05) is 32.7 Å². The van der Waals surface area contributed by atoms with Crippen molar-refractivity contribution >= 4 is 23.3 Å². The summed E-state index contributed by atoms with van der Waals surface area (Å²) in [5.74, 6) is 0.245. The molecule has 0 aliphatic carbocycles. The van der Waals surface area contributed by atoms with Crippen LogP contribution in [0.2, 0.25) is 0 Å². The van der Waals surface area contributed by atoms with Crippen LogP contribution in [0, 0.1) is 0 Å². The minimum absolute atomic E-state index is 0.0792. The quantitative estimate of drug-likeness (QED) is 0.583. The number of benzene rings is 1. The molecule has 1 amide bonds. The number of rotatable bonds is 7. The highest BCUT2D eigenvalue weighted by atomic mass is 32.1. The summed E-state index contributed by atoms with van der Waals surface area (Å²) in [6.07, 6.45) is 8.99. The number of hydrogen-bond donors (Lipinski definition) is 0. The molecule has 1 saturated heterocycles. The van der Waals surface area contributed by atoms with Crippen molar-refractivity contribution in [2.45, 2.75) is 12.5 Å². The summed E-state index contributed by atoms with van der Waals surface area (Å²) in [6, 6.07) is 16.6. The van der Waals surface area contributed by atoms with E-state index >= 15 is 0 Å². The average Bonchev–Trinajstić information content (AvgIpc) is 3.48. The normalized spacial score (nSPS) is 16.3. The number of amides is 1. The van der Waals surface area contributed by atoms with Gasteiger partial charge in [-0.15, -0.1) is 0 Å². The van der Waals surface area contributed by atoms with Gasteiger partial charge in [0.25, 0.3) is 0 Å². The predicted octanol–water partition coefficient (Wildman–Crippen LogP) is 4.39. The van der Waals surface area contributed by atoms with Gasteiger partial charge in [-0.05, 0) is 40.1 Å². The second kappa shape index (κ2) is 9.72. The van der Waals surface area contributed by atoms with Crippen LogP contribution in [0.25, 0.3) is 6.08 Å². The topological polar surface area (TPSA) is 28.5 Å². The summed E-state index contributed by atoms with van der Waals surface area (Å²) in [7, 11) is 0. The van der Waals surface area contributed by atoms with Gasteiger partial charge in [0, 0.05) is 45.1 Å². The zero-order chi connectivity index (χ0) is 19.9. The lowest BCUT2D eigenvalue weighted by molar-refractivity contribution is -0.133. The van der Waals surface area contributed by atoms with Gasteiger partial charge in [-0.1, -0.05) is 42.5 Å². The smallest absolute Gasteiger partial charge is 0.225 e. The summed E-state index contributed by atoms with van der Waals surface area (Å²) in [5, 5.41) is 4.23. The number of hydrogen-bond acceptors (Lipinski definition) is 3. The zero-order valence-corrected chi connectivity index (χ0v) is 17.4. The van der Waals surface area contributed by atoms with Crippen molar-refractivity contribution < 1.29 is 4.79 Å². The third kappa shape index (κ3) is 5.25. The van der Waals surface area contributed by atoms with Crippen LogP contribution in [0.1, 0.15) is 23.6 Å². The van der Waals surface area contributed by atoms with Crippen LogP contribution in [0.4, 0.5) is 0 Å². The van der Waals surface area contributed by atoms with Gasteiger partial charge in [-0.25, -0.2) is 0 Å². The minimum Gasteiger partial charge on any atom is -0.346 e. The van der Waals surface area contributed by atoms with E-state index in [2.05, 4.69) is 62.7 Å². The Morgan fingerprint density at radius 1 is 1.00 bits per heavy atom. The Morgan fingerprint density at radius 3 is 2.45 bits per heavy atom. The number of nitrogens with zero attached hydrogens (tertiary/aromatic N) is 3. The highest BCUT2D eigenvalue weighted by Crippen LogP contribution is 2.25. The summed E-state index contributed by atoms with van der Waals surface area (Å²) in [4.78, 5) is 17.4. The fourth-order valence-electron chi connectivity index (χ4n) is 3.79. The molecule has 150 valence electrons. The highest BCUT2D eigenvalue weighted by Gasteiger charge is 2.24. The Labute approximate surface area is 176 Å². The highest BCUT2D eigenvalue weighted by molar-refractivity contribution is 7.08. The van der Waals surface area contributed by atoms with Crippen molar-refractivity contribution in [1.29, 1.82) is 0 Å². The van der Waals surface area contributed by atoms with E-state index in [-0.39, 0.29) is 11.9 Å². The standard InChI is InChI=1S/C24H27N3OS/c28-24(19-23(22-10-18-29-20-22)26-12-4-5-13-26)27-16-14-25(15-17-27)11-6-9-21-7-2-1-3-8-21/h1-10,12-13,18,20,23H,11,14-17,19H2/b9-6+. The molecule has 1 aromatic carbocycles. The molecule has 1 aliphatic heterocycles. The molecular weight excluding hydrogens is 378 g/mol. The van der Waals surface area contributed by atoms with Crippen molar-refractivity contribution in [3.8, 4) is 0 Å². The zero-order valence-electron chi connectivity index (χ0n) is 16.6. The number of aromatic nitrogens is 1. The maximum atomic E-state index is 13.0. The van der Waals surface area contributed by atoms with Crippen molar-refractivity contribution in [2.24, 2.45) is 0 Å². The molecule has 1 unspecified atom stereocenters. The molecule has 0 radical (unpaired) electrons. The second-order valence-corrected chi connectivity index (χ2v) is 8.18. The molecule has 1 atom stereocenters. The molecule has 1 aliphatic rings. The van der Waals surface area contributed by atoms with Gasteiger partial charge >= 0.3 is 0 Å². The first-order valence-electron chi connectivity index (χ1n) is 10.2. The van der Waals surface area contributed by atoms with Crippen LogP contribution in [0.15, 0.2) is 77.8 Å². The van der Waals surface area contributed by atoms with E-state index in [4.69, 9.17) is 0 Å². The van der Waals surface area contributed by atoms with Crippen molar-refractivity contribution in [3.63, 3.8) is 0 Å². The summed E-state index contributed by atoms with van der Waals surface area (Å²) < 4.78 is 2.14. The lowest BCUT2D eigenvalue weighted by Gasteiger charge is -2.35. The average molecular weight is 406 g/mol. The van der Waals surface area contributed by atoms with Crippen LogP contribution in [-0.4, -0.2) is 53.0 Å². The Kier molecular flexibility index (Phi) is 6.60. The number of thiophene rings is 1. The Hall–Kier alpha value is -2.63. The van der Waals surface area contributed by atoms with E-state index in [1.807, 2.05) is 35.5 Å². The number of piperazine rings is 1. The van der Waals surface area contributed by atoms with Gasteiger partial charge in [-0.3, -0.25) is 9.69 Å². The third-order valence-electron chi connectivity index (χ3n) is 5.48. The molecule has 3 heterocycles. The van der Waals surface area contributed by atoms with Gasteiger partial charge in [0.15, 0.2) is 0 Å². The van der Waals surface area contributed by atoms with Gasteiger partial charge in [0.2, 0.25) is 5.91 Å². The Balaban J connectivity index is 1.29. The molecule has 0 bridgehead atoms. The van der Waals surface area contributed by atoms with Gasteiger partial charge in [0.05, 0.1) is 12.5 Å². The first-order chi connectivity index (χ1) is 14.3. The predicted molar refractivity (Wildman–Crippen MR) is 120 cm³/mol. The summed E-state index contributed by atoms with van der Waals surface area (Å²) in [6.45, 7) is 4.40. The third-order valence-corrected chi connectivity index (χ3v) is 6.18. The Bertz CT molecular complexity index is 861. The molecular formula is C24H27N3OS. The summed E-state index contributed by atoms with van der Waals surface area (Å²) >= 11 is 1.68. The number of carbonyl (C=O) groups is 1.